The van der Waals surface area contributed by atoms with Crippen molar-refractivity contribution in [3.05, 3.63) is 29.6 Å². The fourth-order valence-electron chi connectivity index (χ4n) is 0.898. The first-order valence-corrected chi connectivity index (χ1v) is 4.23. The van der Waals surface area contributed by atoms with Crippen LogP contribution < -0.4 is 0 Å². The van der Waals surface area contributed by atoms with Gasteiger partial charge in [0.2, 0.25) is 0 Å². The van der Waals surface area contributed by atoms with Crippen LogP contribution in [-0.4, -0.2) is 22.3 Å². The zero-order valence-electron chi connectivity index (χ0n) is 8.15. The van der Waals surface area contributed by atoms with Gasteiger partial charge < -0.3 is 9.84 Å². The topological polar surface area (TPSA) is 59.4 Å². The Kier molecular flexibility index (Phi) is 3.48. The number of aliphatic hydroxyl groups is 1. The third-order valence-electron chi connectivity index (χ3n) is 1.58. The monoisotopic (exact) mass is 235 g/mol. The molecule has 0 radical (unpaired) electrons. The van der Waals surface area contributed by atoms with Crippen LogP contribution in [0.2, 0.25) is 0 Å². The normalized spacial score (nSPS) is 13.3. The average Bonchev–Trinajstić information content (AvgIpc) is 2.15. The van der Waals surface area contributed by atoms with Crippen LogP contribution in [0.5, 0.6) is 0 Å². The molecule has 0 amide bonds. The number of pyridine rings is 1. The van der Waals surface area contributed by atoms with Crippen molar-refractivity contribution in [2.24, 2.45) is 0 Å². The Bertz CT molecular complexity index is 373. The molecule has 1 heterocycles. The fraction of sp³-hybridized carbons (Fsp3) is 0.333. The Hall–Kier alpha value is -1.63. The van der Waals surface area contributed by atoms with E-state index >= 15 is 0 Å². The molecule has 1 rings (SSSR count). The lowest BCUT2D eigenvalue weighted by Crippen LogP contribution is -2.15. The van der Waals surface area contributed by atoms with E-state index in [2.05, 4.69) is 9.72 Å². The molecule has 0 aromatic carbocycles. The molecular formula is C9H8F3NO3. The third kappa shape index (κ3) is 3.20. The van der Waals surface area contributed by atoms with Crippen LogP contribution >= 0.6 is 0 Å². The Labute approximate surface area is 88.7 Å². The summed E-state index contributed by atoms with van der Waals surface area (Å²) in [5.41, 5.74) is -1.25. The molecule has 0 spiro atoms. The van der Waals surface area contributed by atoms with E-state index in [0.717, 1.165) is 6.07 Å². The average molecular weight is 235 g/mol. The summed E-state index contributed by atoms with van der Waals surface area (Å²) in [6.45, 7) is 1.20. The van der Waals surface area contributed by atoms with Crippen LogP contribution in [-0.2, 0) is 10.9 Å². The van der Waals surface area contributed by atoms with Gasteiger partial charge in [0, 0.05) is 6.20 Å². The van der Waals surface area contributed by atoms with Crippen LogP contribution in [0.25, 0.3) is 0 Å². The summed E-state index contributed by atoms with van der Waals surface area (Å²) in [7, 11) is 0. The molecule has 0 saturated heterocycles. The molecule has 0 aliphatic rings. The van der Waals surface area contributed by atoms with Crippen LogP contribution in [0.4, 0.5) is 13.2 Å². The molecule has 88 valence electrons. The number of hydrogen-bond donors (Lipinski definition) is 1. The Balaban J connectivity index is 2.83. The van der Waals surface area contributed by atoms with E-state index in [0.29, 0.717) is 12.3 Å². The molecule has 1 unspecified atom stereocenters. The maximum atomic E-state index is 12.1. The van der Waals surface area contributed by atoms with Crippen LogP contribution in [0, 0.1) is 0 Å². The zero-order chi connectivity index (χ0) is 12.3. The maximum Gasteiger partial charge on any atom is 0.417 e. The van der Waals surface area contributed by atoms with Gasteiger partial charge in [0.1, 0.15) is 5.69 Å². The largest absolute Gasteiger partial charge is 0.432 e. The first kappa shape index (κ1) is 12.4. The maximum absolute atomic E-state index is 12.1. The fourth-order valence-corrected chi connectivity index (χ4v) is 0.898. The smallest absolute Gasteiger partial charge is 0.417 e. The quantitative estimate of drug-likeness (QED) is 0.624. The van der Waals surface area contributed by atoms with E-state index in [4.69, 9.17) is 5.11 Å². The summed E-state index contributed by atoms with van der Waals surface area (Å²) in [6.07, 6.45) is -5.31. The highest BCUT2D eigenvalue weighted by atomic mass is 19.4. The molecule has 0 aliphatic carbocycles. The lowest BCUT2D eigenvalue weighted by atomic mass is 10.2. The van der Waals surface area contributed by atoms with Gasteiger partial charge in [-0.05, 0) is 19.1 Å². The molecule has 1 atom stereocenters. The minimum atomic E-state index is -4.50. The summed E-state index contributed by atoms with van der Waals surface area (Å²) >= 11 is 0. The van der Waals surface area contributed by atoms with Crippen LogP contribution in [0.15, 0.2) is 18.3 Å². The van der Waals surface area contributed by atoms with E-state index in [-0.39, 0.29) is 5.69 Å². The van der Waals surface area contributed by atoms with Crippen molar-refractivity contribution in [1.82, 2.24) is 4.98 Å². The number of ether oxygens (including phenoxy) is 1. The molecule has 0 fully saturated rings. The van der Waals surface area contributed by atoms with Gasteiger partial charge in [0.05, 0.1) is 5.56 Å². The number of alkyl halides is 3. The van der Waals surface area contributed by atoms with Crippen molar-refractivity contribution in [2.45, 2.75) is 19.4 Å². The van der Waals surface area contributed by atoms with Gasteiger partial charge >= 0.3 is 12.1 Å². The number of aliphatic hydroxyl groups excluding tert-OH is 1. The summed E-state index contributed by atoms with van der Waals surface area (Å²) in [4.78, 5) is 14.4. The molecule has 0 saturated carbocycles. The first-order valence-electron chi connectivity index (χ1n) is 4.23. The second-order valence-electron chi connectivity index (χ2n) is 2.93. The van der Waals surface area contributed by atoms with Gasteiger partial charge in [0.15, 0.2) is 6.29 Å². The van der Waals surface area contributed by atoms with Crippen molar-refractivity contribution < 1.29 is 27.8 Å². The molecule has 1 aromatic heterocycles. The number of carbonyl (C=O) groups is 1. The van der Waals surface area contributed by atoms with Crippen LogP contribution in [0.3, 0.4) is 0 Å². The molecule has 4 nitrogen and oxygen atoms in total. The lowest BCUT2D eigenvalue weighted by Gasteiger charge is -2.08. The molecule has 1 aromatic rings. The molecule has 16 heavy (non-hydrogen) atoms. The van der Waals surface area contributed by atoms with Crippen molar-refractivity contribution >= 4 is 5.97 Å². The summed E-state index contributed by atoms with van der Waals surface area (Å²) in [6, 6.07) is 1.60. The number of halogens is 3. The van der Waals surface area contributed by atoms with Gasteiger partial charge in [-0.1, -0.05) is 0 Å². The van der Waals surface area contributed by atoms with Gasteiger partial charge in [-0.15, -0.1) is 0 Å². The van der Waals surface area contributed by atoms with E-state index in [1.165, 1.54) is 6.92 Å². The summed E-state index contributed by atoms with van der Waals surface area (Å²) in [5.74, 6) is -0.983. The zero-order valence-corrected chi connectivity index (χ0v) is 8.15. The Morgan fingerprint density at radius 1 is 1.50 bits per heavy atom. The summed E-state index contributed by atoms with van der Waals surface area (Å²) in [5, 5.41) is 8.72. The van der Waals surface area contributed by atoms with E-state index in [1.807, 2.05) is 0 Å². The van der Waals surface area contributed by atoms with Crippen molar-refractivity contribution in [1.29, 1.82) is 0 Å². The number of esters is 1. The van der Waals surface area contributed by atoms with Gasteiger partial charge in [-0.25, -0.2) is 9.78 Å². The van der Waals surface area contributed by atoms with Crippen LogP contribution in [0.1, 0.15) is 23.0 Å². The Morgan fingerprint density at radius 3 is 2.50 bits per heavy atom. The summed E-state index contributed by atoms with van der Waals surface area (Å²) < 4.78 is 40.7. The highest BCUT2D eigenvalue weighted by molar-refractivity contribution is 5.87. The van der Waals surface area contributed by atoms with Gasteiger partial charge in [-0.3, -0.25) is 0 Å². The van der Waals surface area contributed by atoms with Crippen molar-refractivity contribution in [3.8, 4) is 0 Å². The number of rotatable bonds is 2. The molecular weight excluding hydrogens is 227 g/mol. The third-order valence-corrected chi connectivity index (χ3v) is 1.58. The molecule has 7 heteroatoms. The standard InChI is InChI=1S/C9H8F3NO3/c1-5(14)16-8(15)7-3-2-6(4-13-7)9(10,11)12/h2-5,14H,1H3. The van der Waals surface area contributed by atoms with Crippen molar-refractivity contribution in [2.75, 3.05) is 0 Å². The number of aromatic nitrogens is 1. The number of nitrogens with zero attached hydrogens (tertiary/aromatic N) is 1. The second-order valence-corrected chi connectivity index (χ2v) is 2.93. The lowest BCUT2D eigenvalue weighted by molar-refractivity contribution is -0.137. The van der Waals surface area contributed by atoms with E-state index in [1.54, 1.807) is 0 Å². The minimum absolute atomic E-state index is 0.297. The first-order chi connectivity index (χ1) is 7.30. The highest BCUT2D eigenvalue weighted by Gasteiger charge is 2.31. The second kappa shape index (κ2) is 4.48. The van der Waals surface area contributed by atoms with Gasteiger partial charge in [0.25, 0.3) is 0 Å². The molecule has 0 bridgehead atoms. The molecule has 1 N–H and O–H groups in total. The van der Waals surface area contributed by atoms with E-state index < -0.39 is 24.0 Å². The SMILES string of the molecule is CC(O)OC(=O)c1ccc(C(F)(F)F)cn1. The highest BCUT2D eigenvalue weighted by Crippen LogP contribution is 2.28. The Morgan fingerprint density at radius 2 is 2.12 bits per heavy atom. The molecule has 0 aliphatic heterocycles. The predicted octanol–water partition coefficient (Wildman–Crippen LogP) is 1.60. The number of carbonyl (C=O) groups excluding carboxylic acids is 1. The predicted molar refractivity (Wildman–Crippen MR) is 46.3 cm³/mol. The van der Waals surface area contributed by atoms with Gasteiger partial charge in [-0.2, -0.15) is 13.2 Å². The number of hydrogen-bond acceptors (Lipinski definition) is 4. The van der Waals surface area contributed by atoms with Crippen molar-refractivity contribution in [3.63, 3.8) is 0 Å². The minimum Gasteiger partial charge on any atom is -0.432 e. The van der Waals surface area contributed by atoms with E-state index in [9.17, 15) is 18.0 Å².